The second kappa shape index (κ2) is 5.45. The predicted molar refractivity (Wildman–Crippen MR) is 65.7 cm³/mol. The van der Waals surface area contributed by atoms with E-state index in [0.717, 1.165) is 25.7 Å². The molecular formula is C11H20N2OS. The van der Waals surface area contributed by atoms with E-state index < -0.39 is 5.54 Å². The molecular weight excluding hydrogens is 208 g/mol. The molecule has 1 aliphatic rings. The molecule has 0 aromatic rings. The van der Waals surface area contributed by atoms with Crippen LogP contribution in [0.2, 0.25) is 0 Å². The lowest BCUT2D eigenvalue weighted by molar-refractivity contribution is -0.122. The summed E-state index contributed by atoms with van der Waals surface area (Å²) in [5, 5.41) is 3.02. The number of nitrogens with two attached hydrogens (primary N) is 1. The van der Waals surface area contributed by atoms with Crippen molar-refractivity contribution in [1.82, 2.24) is 5.32 Å². The van der Waals surface area contributed by atoms with Crippen LogP contribution in [0.1, 0.15) is 51.9 Å². The zero-order valence-corrected chi connectivity index (χ0v) is 10.2. The van der Waals surface area contributed by atoms with E-state index in [9.17, 15) is 4.79 Å². The van der Waals surface area contributed by atoms with Crippen LogP contribution in [0.15, 0.2) is 0 Å². The average molecular weight is 228 g/mol. The van der Waals surface area contributed by atoms with Gasteiger partial charge in [-0.05, 0) is 12.8 Å². The molecule has 1 saturated carbocycles. The van der Waals surface area contributed by atoms with Gasteiger partial charge in [0.05, 0.1) is 10.5 Å². The molecule has 1 amide bonds. The highest BCUT2D eigenvalue weighted by molar-refractivity contribution is 7.80. The summed E-state index contributed by atoms with van der Waals surface area (Å²) in [6.07, 6.45) is 6.91. The predicted octanol–water partition coefficient (Wildman–Crippen LogP) is 1.89. The van der Waals surface area contributed by atoms with Crippen molar-refractivity contribution in [2.75, 3.05) is 0 Å². The molecule has 0 unspecified atom stereocenters. The Hall–Kier alpha value is -0.640. The summed E-state index contributed by atoms with van der Waals surface area (Å²) in [4.78, 5) is 11.9. The summed E-state index contributed by atoms with van der Waals surface area (Å²) >= 11 is 5.12. The van der Waals surface area contributed by atoms with Crippen LogP contribution in [-0.4, -0.2) is 16.4 Å². The number of rotatable bonds is 3. The van der Waals surface area contributed by atoms with Crippen LogP contribution in [-0.2, 0) is 4.79 Å². The van der Waals surface area contributed by atoms with Crippen LogP contribution < -0.4 is 11.1 Å². The first-order chi connectivity index (χ1) is 7.10. The number of thiocarbonyl (C=S) groups is 1. The van der Waals surface area contributed by atoms with E-state index in [-0.39, 0.29) is 5.91 Å². The Bertz CT molecular complexity index is 245. The fourth-order valence-electron chi connectivity index (χ4n) is 2.12. The van der Waals surface area contributed by atoms with Crippen LogP contribution in [0.5, 0.6) is 0 Å². The van der Waals surface area contributed by atoms with Crippen molar-refractivity contribution in [3.8, 4) is 0 Å². The largest absolute Gasteiger partial charge is 0.391 e. The minimum atomic E-state index is -0.404. The summed E-state index contributed by atoms with van der Waals surface area (Å²) < 4.78 is 0. The Labute approximate surface area is 96.8 Å². The molecule has 1 aliphatic carbocycles. The Morgan fingerprint density at radius 3 is 2.27 bits per heavy atom. The zero-order chi connectivity index (χ0) is 11.3. The summed E-state index contributed by atoms with van der Waals surface area (Å²) in [6, 6.07) is 0. The van der Waals surface area contributed by atoms with Crippen LogP contribution >= 0.6 is 12.2 Å². The van der Waals surface area contributed by atoms with E-state index in [1.165, 1.54) is 12.8 Å². The van der Waals surface area contributed by atoms with Gasteiger partial charge in [-0.15, -0.1) is 0 Å². The maximum absolute atomic E-state index is 11.5. The van der Waals surface area contributed by atoms with Crippen molar-refractivity contribution >= 4 is 23.1 Å². The molecule has 0 aromatic heterocycles. The normalized spacial score (nSPS) is 20.3. The molecule has 0 radical (unpaired) electrons. The van der Waals surface area contributed by atoms with Crippen LogP contribution in [0, 0.1) is 0 Å². The Morgan fingerprint density at radius 2 is 1.87 bits per heavy atom. The van der Waals surface area contributed by atoms with E-state index in [4.69, 9.17) is 18.0 Å². The van der Waals surface area contributed by atoms with E-state index >= 15 is 0 Å². The van der Waals surface area contributed by atoms with Gasteiger partial charge in [0.1, 0.15) is 0 Å². The summed E-state index contributed by atoms with van der Waals surface area (Å²) in [5.74, 6) is 0.0460. The van der Waals surface area contributed by atoms with Crippen molar-refractivity contribution in [2.45, 2.75) is 57.4 Å². The number of nitrogens with one attached hydrogen (secondary N) is 1. The molecule has 0 saturated heterocycles. The van der Waals surface area contributed by atoms with E-state index in [0.29, 0.717) is 11.4 Å². The molecule has 86 valence electrons. The molecule has 0 heterocycles. The third-order valence-corrected chi connectivity index (χ3v) is 3.52. The van der Waals surface area contributed by atoms with Gasteiger partial charge < -0.3 is 11.1 Å². The number of carbonyl (C=O) groups is 1. The Balaban J connectivity index is 2.75. The van der Waals surface area contributed by atoms with Gasteiger partial charge in [0, 0.05) is 6.42 Å². The highest BCUT2D eigenvalue weighted by Crippen LogP contribution is 2.27. The van der Waals surface area contributed by atoms with Gasteiger partial charge in [0.2, 0.25) is 5.91 Å². The van der Waals surface area contributed by atoms with E-state index in [1.807, 2.05) is 6.92 Å². The molecule has 1 rings (SSSR count). The van der Waals surface area contributed by atoms with Crippen LogP contribution in [0.4, 0.5) is 0 Å². The van der Waals surface area contributed by atoms with Gasteiger partial charge in [-0.2, -0.15) is 0 Å². The summed E-state index contributed by atoms with van der Waals surface area (Å²) in [6.45, 7) is 1.85. The highest BCUT2D eigenvalue weighted by Gasteiger charge is 2.34. The van der Waals surface area contributed by atoms with E-state index in [2.05, 4.69) is 5.32 Å². The molecule has 0 atom stereocenters. The Morgan fingerprint density at radius 1 is 1.33 bits per heavy atom. The maximum Gasteiger partial charge on any atom is 0.220 e. The van der Waals surface area contributed by atoms with Crippen LogP contribution in [0.3, 0.4) is 0 Å². The fourth-order valence-corrected chi connectivity index (χ4v) is 2.38. The number of amides is 1. The molecule has 15 heavy (non-hydrogen) atoms. The lowest BCUT2D eigenvalue weighted by Gasteiger charge is -2.32. The minimum absolute atomic E-state index is 0.0460. The molecule has 3 nitrogen and oxygen atoms in total. The first-order valence-electron chi connectivity index (χ1n) is 5.71. The van der Waals surface area contributed by atoms with Gasteiger partial charge >= 0.3 is 0 Å². The second-order valence-electron chi connectivity index (χ2n) is 4.26. The van der Waals surface area contributed by atoms with Crippen molar-refractivity contribution in [1.29, 1.82) is 0 Å². The van der Waals surface area contributed by atoms with Gasteiger partial charge in [-0.1, -0.05) is 44.8 Å². The maximum atomic E-state index is 11.5. The van der Waals surface area contributed by atoms with Gasteiger partial charge in [0.25, 0.3) is 0 Å². The lowest BCUT2D eigenvalue weighted by Crippen LogP contribution is -2.56. The first-order valence-corrected chi connectivity index (χ1v) is 6.12. The highest BCUT2D eigenvalue weighted by atomic mass is 32.1. The average Bonchev–Trinajstić information content (AvgIpc) is 2.44. The lowest BCUT2D eigenvalue weighted by atomic mass is 9.90. The SMILES string of the molecule is CCC(=O)NC1(C(N)=S)CCCCCC1. The van der Waals surface area contributed by atoms with Crippen molar-refractivity contribution in [3.63, 3.8) is 0 Å². The first kappa shape index (κ1) is 12.4. The molecule has 0 aromatic carbocycles. The van der Waals surface area contributed by atoms with Crippen molar-refractivity contribution < 1.29 is 4.79 Å². The fraction of sp³-hybridized carbons (Fsp3) is 0.818. The standard InChI is InChI=1S/C11H20N2OS/c1-2-9(14)13-11(10(12)15)7-5-3-4-6-8-11/h2-8H2,1H3,(H2,12,15)(H,13,14). The van der Waals surface area contributed by atoms with Crippen LogP contribution in [0.25, 0.3) is 0 Å². The smallest absolute Gasteiger partial charge is 0.220 e. The van der Waals surface area contributed by atoms with E-state index in [1.54, 1.807) is 0 Å². The molecule has 4 heteroatoms. The third-order valence-electron chi connectivity index (χ3n) is 3.13. The summed E-state index contributed by atoms with van der Waals surface area (Å²) in [5.41, 5.74) is 5.39. The molecule has 0 spiro atoms. The molecule has 0 bridgehead atoms. The number of hydrogen-bond acceptors (Lipinski definition) is 2. The topological polar surface area (TPSA) is 55.1 Å². The monoisotopic (exact) mass is 228 g/mol. The summed E-state index contributed by atoms with van der Waals surface area (Å²) in [7, 11) is 0. The van der Waals surface area contributed by atoms with Crippen molar-refractivity contribution in [3.05, 3.63) is 0 Å². The molecule has 1 fully saturated rings. The van der Waals surface area contributed by atoms with Gasteiger partial charge in [-0.3, -0.25) is 4.79 Å². The quantitative estimate of drug-likeness (QED) is 0.573. The number of hydrogen-bond donors (Lipinski definition) is 2. The van der Waals surface area contributed by atoms with Gasteiger partial charge in [-0.25, -0.2) is 0 Å². The van der Waals surface area contributed by atoms with Crippen molar-refractivity contribution in [2.24, 2.45) is 5.73 Å². The molecule has 3 N–H and O–H groups in total. The third kappa shape index (κ3) is 3.16. The Kier molecular flexibility index (Phi) is 4.51. The second-order valence-corrected chi connectivity index (χ2v) is 4.70. The number of carbonyl (C=O) groups excluding carboxylic acids is 1. The zero-order valence-electron chi connectivity index (χ0n) is 9.34. The molecule has 0 aliphatic heterocycles. The minimum Gasteiger partial charge on any atom is -0.391 e. The van der Waals surface area contributed by atoms with Gasteiger partial charge in [0.15, 0.2) is 0 Å².